The summed E-state index contributed by atoms with van der Waals surface area (Å²) in [6.07, 6.45) is 2.81. The number of methoxy groups -OCH3 is 1. The fourth-order valence-corrected chi connectivity index (χ4v) is 4.81. The molecule has 0 aromatic rings. The lowest BCUT2D eigenvalue weighted by molar-refractivity contribution is 0.00858. The third kappa shape index (κ3) is 7.11. The Kier molecular flexibility index (Phi) is 7.14. The Hall–Kier alpha value is -0.130. The fourth-order valence-electron chi connectivity index (χ4n) is 2.89. The number of hydrogen-bond donors (Lipinski definition) is 1. The van der Waals surface area contributed by atoms with Gasteiger partial charge in [0, 0.05) is 7.11 Å². The standard InChI is InChI=1S/C16H33NO3S/c1-13(2)10-17-11-14(6-8-16(3,4)20-5)15-7-9-21(18,19)12-15/h13-15,17H,6-12H2,1-5H3. The summed E-state index contributed by atoms with van der Waals surface area (Å²) in [5.41, 5.74) is -0.131. The van der Waals surface area contributed by atoms with Crippen molar-refractivity contribution >= 4 is 9.84 Å². The smallest absolute Gasteiger partial charge is 0.150 e. The monoisotopic (exact) mass is 319 g/mol. The van der Waals surface area contributed by atoms with Gasteiger partial charge in [0.05, 0.1) is 17.1 Å². The average Bonchev–Trinajstić information content (AvgIpc) is 2.73. The zero-order valence-corrected chi connectivity index (χ0v) is 15.1. The molecule has 2 atom stereocenters. The van der Waals surface area contributed by atoms with E-state index in [9.17, 15) is 8.42 Å². The fraction of sp³-hybridized carbons (Fsp3) is 1.00. The van der Waals surface area contributed by atoms with Crippen molar-refractivity contribution in [2.45, 2.75) is 52.6 Å². The van der Waals surface area contributed by atoms with Crippen molar-refractivity contribution in [3.8, 4) is 0 Å². The maximum absolute atomic E-state index is 11.7. The van der Waals surface area contributed by atoms with Gasteiger partial charge in [-0.3, -0.25) is 0 Å². The summed E-state index contributed by atoms with van der Waals surface area (Å²) in [5.74, 6) is 2.09. The summed E-state index contributed by atoms with van der Waals surface area (Å²) in [7, 11) is -1.06. The predicted molar refractivity (Wildman–Crippen MR) is 88.3 cm³/mol. The molecular formula is C16H33NO3S. The minimum absolute atomic E-state index is 0.131. The van der Waals surface area contributed by atoms with Gasteiger partial charge in [-0.05, 0) is 64.0 Å². The minimum atomic E-state index is -2.80. The highest BCUT2D eigenvalue weighted by molar-refractivity contribution is 7.91. The molecule has 2 unspecified atom stereocenters. The molecule has 0 radical (unpaired) electrons. The van der Waals surface area contributed by atoms with E-state index in [4.69, 9.17) is 4.74 Å². The first-order valence-corrected chi connectivity index (χ1v) is 9.93. The molecule has 126 valence electrons. The Balaban J connectivity index is 2.57. The summed E-state index contributed by atoms with van der Waals surface area (Å²) < 4.78 is 29.0. The number of sulfone groups is 1. The van der Waals surface area contributed by atoms with E-state index in [1.807, 2.05) is 0 Å². The molecule has 1 aliphatic rings. The van der Waals surface area contributed by atoms with Crippen molar-refractivity contribution in [2.75, 3.05) is 31.7 Å². The Morgan fingerprint density at radius 3 is 2.43 bits per heavy atom. The molecule has 1 N–H and O–H groups in total. The lowest BCUT2D eigenvalue weighted by atomic mass is 9.85. The Morgan fingerprint density at radius 2 is 1.95 bits per heavy atom. The van der Waals surface area contributed by atoms with Crippen LogP contribution in [-0.4, -0.2) is 45.7 Å². The van der Waals surface area contributed by atoms with Gasteiger partial charge in [-0.15, -0.1) is 0 Å². The van der Waals surface area contributed by atoms with Crippen LogP contribution in [-0.2, 0) is 14.6 Å². The molecule has 0 bridgehead atoms. The molecule has 1 aliphatic heterocycles. The molecule has 1 fully saturated rings. The van der Waals surface area contributed by atoms with E-state index >= 15 is 0 Å². The number of ether oxygens (including phenoxy) is 1. The van der Waals surface area contributed by atoms with Gasteiger partial charge in [-0.2, -0.15) is 0 Å². The van der Waals surface area contributed by atoms with Gasteiger partial charge in [-0.25, -0.2) is 8.42 Å². The molecule has 0 saturated carbocycles. The van der Waals surface area contributed by atoms with E-state index < -0.39 is 9.84 Å². The third-order valence-corrected chi connectivity index (χ3v) is 6.36. The summed E-state index contributed by atoms with van der Waals surface area (Å²) in [6.45, 7) is 10.5. The van der Waals surface area contributed by atoms with Crippen LogP contribution in [0.3, 0.4) is 0 Å². The zero-order chi connectivity index (χ0) is 16.1. The van der Waals surface area contributed by atoms with Gasteiger partial charge in [0.25, 0.3) is 0 Å². The molecule has 0 aromatic carbocycles. The number of nitrogens with one attached hydrogen (secondary N) is 1. The molecule has 0 amide bonds. The van der Waals surface area contributed by atoms with Crippen molar-refractivity contribution in [3.05, 3.63) is 0 Å². The lowest BCUT2D eigenvalue weighted by Crippen LogP contribution is -2.33. The summed E-state index contributed by atoms with van der Waals surface area (Å²) >= 11 is 0. The van der Waals surface area contributed by atoms with Crippen LogP contribution >= 0.6 is 0 Å². The topological polar surface area (TPSA) is 55.4 Å². The van der Waals surface area contributed by atoms with Crippen LogP contribution in [0.2, 0.25) is 0 Å². The molecule has 1 rings (SSSR count). The van der Waals surface area contributed by atoms with Crippen LogP contribution in [0.4, 0.5) is 0 Å². The summed E-state index contributed by atoms with van der Waals surface area (Å²) in [6, 6.07) is 0. The second kappa shape index (κ2) is 7.93. The van der Waals surface area contributed by atoms with Crippen LogP contribution in [0.1, 0.15) is 47.0 Å². The van der Waals surface area contributed by atoms with Crippen LogP contribution in [0.25, 0.3) is 0 Å². The number of hydrogen-bond acceptors (Lipinski definition) is 4. The lowest BCUT2D eigenvalue weighted by Gasteiger charge is -2.29. The van der Waals surface area contributed by atoms with Crippen LogP contribution in [0.15, 0.2) is 0 Å². The van der Waals surface area contributed by atoms with E-state index in [2.05, 4.69) is 33.0 Å². The van der Waals surface area contributed by atoms with Crippen molar-refractivity contribution in [3.63, 3.8) is 0 Å². The molecule has 21 heavy (non-hydrogen) atoms. The van der Waals surface area contributed by atoms with Gasteiger partial charge in [-0.1, -0.05) is 13.8 Å². The number of rotatable bonds is 9. The Bertz CT molecular complexity index is 404. The highest BCUT2D eigenvalue weighted by Crippen LogP contribution is 2.31. The quantitative estimate of drug-likeness (QED) is 0.709. The highest BCUT2D eigenvalue weighted by atomic mass is 32.2. The van der Waals surface area contributed by atoms with Gasteiger partial charge in [0.1, 0.15) is 0 Å². The van der Waals surface area contributed by atoms with Crippen LogP contribution in [0, 0.1) is 17.8 Å². The van der Waals surface area contributed by atoms with E-state index in [1.54, 1.807) is 7.11 Å². The molecule has 5 heteroatoms. The van der Waals surface area contributed by atoms with E-state index in [0.29, 0.717) is 29.3 Å². The van der Waals surface area contributed by atoms with Crippen molar-refractivity contribution < 1.29 is 13.2 Å². The van der Waals surface area contributed by atoms with E-state index in [0.717, 1.165) is 32.4 Å². The second-order valence-corrected chi connectivity index (χ2v) is 9.71. The summed E-state index contributed by atoms with van der Waals surface area (Å²) in [4.78, 5) is 0. The van der Waals surface area contributed by atoms with Gasteiger partial charge >= 0.3 is 0 Å². The summed E-state index contributed by atoms with van der Waals surface area (Å²) in [5, 5.41) is 3.51. The van der Waals surface area contributed by atoms with Crippen LogP contribution < -0.4 is 5.32 Å². The molecule has 0 spiro atoms. The maximum atomic E-state index is 11.7. The van der Waals surface area contributed by atoms with E-state index in [-0.39, 0.29) is 5.60 Å². The molecular weight excluding hydrogens is 286 g/mol. The minimum Gasteiger partial charge on any atom is -0.379 e. The van der Waals surface area contributed by atoms with Crippen molar-refractivity contribution in [1.82, 2.24) is 5.32 Å². The largest absolute Gasteiger partial charge is 0.379 e. The zero-order valence-electron chi connectivity index (χ0n) is 14.3. The van der Waals surface area contributed by atoms with Gasteiger partial charge in [0.15, 0.2) is 9.84 Å². The third-order valence-electron chi connectivity index (χ3n) is 4.56. The molecule has 1 heterocycles. The van der Waals surface area contributed by atoms with Gasteiger partial charge in [0.2, 0.25) is 0 Å². The average molecular weight is 320 g/mol. The molecule has 1 saturated heterocycles. The molecule has 0 aliphatic carbocycles. The first-order valence-electron chi connectivity index (χ1n) is 8.11. The first kappa shape index (κ1) is 18.9. The maximum Gasteiger partial charge on any atom is 0.150 e. The van der Waals surface area contributed by atoms with Crippen LogP contribution in [0.5, 0.6) is 0 Å². The Morgan fingerprint density at radius 1 is 1.29 bits per heavy atom. The second-order valence-electron chi connectivity index (χ2n) is 7.48. The van der Waals surface area contributed by atoms with Crippen molar-refractivity contribution in [1.29, 1.82) is 0 Å². The normalized spacial score (nSPS) is 23.6. The molecule has 0 aromatic heterocycles. The SMILES string of the molecule is COC(C)(C)CCC(CNCC(C)C)C1CCS(=O)(=O)C1. The first-order chi connectivity index (χ1) is 9.65. The molecule has 4 nitrogen and oxygen atoms in total. The predicted octanol–water partition coefficient (Wildman–Crippen LogP) is 2.49. The highest BCUT2D eigenvalue weighted by Gasteiger charge is 2.34. The van der Waals surface area contributed by atoms with Crippen molar-refractivity contribution in [2.24, 2.45) is 17.8 Å². The Labute approximate surface area is 130 Å². The van der Waals surface area contributed by atoms with E-state index in [1.165, 1.54) is 0 Å². The van der Waals surface area contributed by atoms with Gasteiger partial charge < -0.3 is 10.1 Å².